The van der Waals surface area contributed by atoms with Crippen molar-refractivity contribution < 1.29 is 48.4 Å². The molecular formula is C19H19N3O11S3. The van der Waals surface area contributed by atoms with Gasteiger partial charge in [-0.1, -0.05) is 6.07 Å². The van der Waals surface area contributed by atoms with Crippen LogP contribution in [0.4, 0.5) is 17.1 Å². The van der Waals surface area contributed by atoms with Gasteiger partial charge in [-0.15, -0.1) is 10.2 Å². The van der Waals surface area contributed by atoms with E-state index in [9.17, 15) is 34.9 Å². The minimum atomic E-state index is -4.82. The lowest BCUT2D eigenvalue weighted by Gasteiger charge is -2.10. The summed E-state index contributed by atoms with van der Waals surface area (Å²) in [5.74, 6) is -1.25. The van der Waals surface area contributed by atoms with Crippen LogP contribution in [0.2, 0.25) is 0 Å². The predicted molar refractivity (Wildman–Crippen MR) is 127 cm³/mol. The van der Waals surface area contributed by atoms with E-state index in [1.807, 2.05) is 0 Å². The molecule has 0 heterocycles. The molecule has 3 aromatic rings. The topological polar surface area (TPSA) is 232 Å². The summed E-state index contributed by atoms with van der Waals surface area (Å²) >= 11 is 0. The van der Waals surface area contributed by atoms with Crippen molar-refractivity contribution in [1.82, 2.24) is 0 Å². The van der Waals surface area contributed by atoms with Crippen LogP contribution in [0.15, 0.2) is 62.5 Å². The van der Waals surface area contributed by atoms with E-state index >= 15 is 0 Å². The van der Waals surface area contributed by atoms with Crippen molar-refractivity contribution in [2.45, 2.75) is 9.79 Å². The Morgan fingerprint density at radius 2 is 1.61 bits per heavy atom. The number of phenols is 1. The van der Waals surface area contributed by atoms with Crippen molar-refractivity contribution in [1.29, 1.82) is 0 Å². The van der Waals surface area contributed by atoms with Crippen molar-refractivity contribution in [3.63, 3.8) is 0 Å². The summed E-state index contributed by atoms with van der Waals surface area (Å²) in [4.78, 5) is -0.847. The number of anilines is 1. The summed E-state index contributed by atoms with van der Waals surface area (Å²) in [6, 6.07) is 8.17. The number of benzene rings is 3. The van der Waals surface area contributed by atoms with Gasteiger partial charge in [0.25, 0.3) is 10.1 Å². The largest absolute Gasteiger partial charge is 0.507 e. The van der Waals surface area contributed by atoms with E-state index in [0.717, 1.165) is 18.2 Å². The zero-order valence-electron chi connectivity index (χ0n) is 18.3. The van der Waals surface area contributed by atoms with Gasteiger partial charge in [0.1, 0.15) is 22.9 Å². The van der Waals surface area contributed by atoms with E-state index in [1.165, 1.54) is 31.4 Å². The molecule has 0 amide bonds. The third-order valence-corrected chi connectivity index (χ3v) is 7.70. The average molecular weight is 562 g/mol. The number of azo groups is 1. The number of hydrogen-bond acceptors (Lipinski definition) is 12. The fourth-order valence-corrected chi connectivity index (χ4v) is 5.12. The molecule has 0 bridgehead atoms. The molecule has 0 spiro atoms. The van der Waals surface area contributed by atoms with Crippen LogP contribution in [0.25, 0.3) is 10.8 Å². The molecule has 0 aromatic heterocycles. The molecule has 0 aliphatic rings. The summed E-state index contributed by atoms with van der Waals surface area (Å²) in [7, 11) is -12.2. The molecule has 3 rings (SSSR count). The highest BCUT2D eigenvalue weighted by Crippen LogP contribution is 2.41. The number of nitrogens with two attached hydrogens (primary N) is 1. The predicted octanol–water partition coefficient (Wildman–Crippen LogP) is 2.39. The number of methoxy groups -OCH3 is 1. The minimum absolute atomic E-state index is 0.0104. The first-order valence-electron chi connectivity index (χ1n) is 9.59. The van der Waals surface area contributed by atoms with E-state index in [0.29, 0.717) is 0 Å². The Morgan fingerprint density at radius 1 is 0.917 bits per heavy atom. The lowest BCUT2D eigenvalue weighted by Crippen LogP contribution is -2.15. The molecular weight excluding hydrogens is 542 g/mol. The first-order chi connectivity index (χ1) is 16.6. The minimum Gasteiger partial charge on any atom is -0.507 e. The first kappa shape index (κ1) is 27.2. The van der Waals surface area contributed by atoms with E-state index in [2.05, 4.69) is 14.4 Å². The number of fused-ring (bicyclic) bond motifs is 1. The molecule has 0 radical (unpaired) electrons. The van der Waals surface area contributed by atoms with Crippen LogP contribution in [0, 0.1) is 0 Å². The van der Waals surface area contributed by atoms with E-state index < -0.39 is 53.4 Å². The lowest BCUT2D eigenvalue weighted by atomic mass is 10.1. The maximum Gasteiger partial charge on any atom is 0.397 e. The summed E-state index contributed by atoms with van der Waals surface area (Å²) in [6.45, 7) is -0.832. The van der Waals surface area contributed by atoms with Gasteiger partial charge in [-0.3, -0.25) is 9.11 Å². The van der Waals surface area contributed by atoms with Crippen LogP contribution in [0.5, 0.6) is 11.5 Å². The molecule has 0 fully saturated rings. The Hall–Kier alpha value is -3.35. The molecule has 14 nitrogen and oxygen atoms in total. The van der Waals surface area contributed by atoms with Gasteiger partial charge in [0.05, 0.1) is 40.3 Å². The second-order valence-electron chi connectivity index (χ2n) is 7.12. The Morgan fingerprint density at radius 3 is 2.22 bits per heavy atom. The van der Waals surface area contributed by atoms with Crippen molar-refractivity contribution >= 4 is 58.2 Å². The van der Waals surface area contributed by atoms with Gasteiger partial charge in [0.2, 0.25) is 0 Å². The molecule has 3 aromatic carbocycles. The van der Waals surface area contributed by atoms with Crippen molar-refractivity contribution in [2.24, 2.45) is 10.2 Å². The Kier molecular flexibility index (Phi) is 7.53. The van der Waals surface area contributed by atoms with Crippen LogP contribution in [-0.4, -0.2) is 58.9 Å². The first-order valence-corrected chi connectivity index (χ1v) is 14.1. The van der Waals surface area contributed by atoms with Gasteiger partial charge in [-0.05, 0) is 35.7 Å². The molecule has 0 aliphatic heterocycles. The fourth-order valence-electron chi connectivity index (χ4n) is 3.08. The zero-order valence-corrected chi connectivity index (χ0v) is 20.7. The highest BCUT2D eigenvalue weighted by molar-refractivity contribution is 7.91. The van der Waals surface area contributed by atoms with Gasteiger partial charge in [-0.2, -0.15) is 16.8 Å². The molecule has 5 N–H and O–H groups in total. The quantitative estimate of drug-likeness (QED) is 0.167. The summed E-state index contributed by atoms with van der Waals surface area (Å²) in [5.41, 5.74) is 5.83. The smallest absolute Gasteiger partial charge is 0.397 e. The number of aromatic hydroxyl groups is 1. The van der Waals surface area contributed by atoms with E-state index in [4.69, 9.17) is 15.0 Å². The third kappa shape index (κ3) is 6.25. The highest BCUT2D eigenvalue weighted by Gasteiger charge is 2.20. The zero-order chi connectivity index (χ0) is 26.9. The monoisotopic (exact) mass is 561 g/mol. The number of nitrogen functional groups attached to an aromatic ring is 1. The van der Waals surface area contributed by atoms with Crippen LogP contribution in [0.1, 0.15) is 0 Å². The number of rotatable bonds is 9. The number of sulfone groups is 1. The average Bonchev–Trinajstić information content (AvgIpc) is 2.76. The molecule has 0 aliphatic carbocycles. The number of hydrogen-bond donors (Lipinski definition) is 4. The van der Waals surface area contributed by atoms with Crippen LogP contribution >= 0.6 is 0 Å². The van der Waals surface area contributed by atoms with Crippen LogP contribution in [0.3, 0.4) is 0 Å². The molecule has 0 atom stereocenters. The van der Waals surface area contributed by atoms with Gasteiger partial charge < -0.3 is 15.6 Å². The summed E-state index contributed by atoms with van der Waals surface area (Å²) in [5, 5.41) is 18.5. The normalized spacial score (nSPS) is 12.9. The fraction of sp³-hybridized carbons (Fsp3) is 0.158. The Bertz CT molecular complexity index is 1680. The second-order valence-corrected chi connectivity index (χ2v) is 11.7. The molecule has 0 saturated heterocycles. The molecule has 194 valence electrons. The van der Waals surface area contributed by atoms with Crippen LogP contribution in [-0.2, 0) is 34.5 Å². The highest BCUT2D eigenvalue weighted by atomic mass is 32.3. The molecule has 17 heteroatoms. The Balaban J connectivity index is 2.06. The molecule has 36 heavy (non-hydrogen) atoms. The maximum absolute atomic E-state index is 12.5. The van der Waals surface area contributed by atoms with Crippen molar-refractivity contribution in [2.75, 3.05) is 25.2 Å². The van der Waals surface area contributed by atoms with Crippen molar-refractivity contribution in [3.05, 3.63) is 42.5 Å². The van der Waals surface area contributed by atoms with Crippen molar-refractivity contribution in [3.8, 4) is 11.5 Å². The van der Waals surface area contributed by atoms with E-state index in [1.54, 1.807) is 0 Å². The molecule has 0 saturated carbocycles. The molecule has 0 unspecified atom stereocenters. The third-order valence-electron chi connectivity index (χ3n) is 4.72. The summed E-state index contributed by atoms with van der Waals surface area (Å²) < 4.78 is 96.4. The van der Waals surface area contributed by atoms with Crippen LogP contribution < -0.4 is 10.5 Å². The maximum atomic E-state index is 12.5. The van der Waals surface area contributed by atoms with Gasteiger partial charge >= 0.3 is 10.4 Å². The lowest BCUT2D eigenvalue weighted by molar-refractivity contribution is 0.284. The standard InChI is InChI=1S/C19H19N3O11S3/c1-32-17-5-3-12(34(24,25)7-6-33-36(29,30)31)9-15(17)21-22-19-14(20)4-2-11-8-13(35(26,27)28)10-16(23)18(11)19/h2-5,8-10,23H,6-7,20H2,1H3,(H,26,27,28)(H,29,30,31). The Labute approximate surface area is 205 Å². The number of phenolic OH excluding ortho intramolecular Hbond substituents is 1. The van der Waals surface area contributed by atoms with E-state index in [-0.39, 0.29) is 38.5 Å². The van der Waals surface area contributed by atoms with Gasteiger partial charge in [-0.25, -0.2) is 12.6 Å². The van der Waals surface area contributed by atoms with Gasteiger partial charge in [0, 0.05) is 6.07 Å². The number of ether oxygens (including phenoxy) is 1. The number of nitrogens with zero attached hydrogens (tertiary/aromatic N) is 2. The van der Waals surface area contributed by atoms with Gasteiger partial charge in [0.15, 0.2) is 9.84 Å². The second kappa shape index (κ2) is 9.96. The summed E-state index contributed by atoms with van der Waals surface area (Å²) in [6.07, 6.45) is 0. The SMILES string of the molecule is COc1ccc(S(=O)(=O)CCOS(=O)(=O)O)cc1N=Nc1c(N)ccc2cc(S(=O)(=O)O)cc(O)c12.